The van der Waals surface area contributed by atoms with E-state index in [1.165, 1.54) is 5.70 Å². The van der Waals surface area contributed by atoms with Gasteiger partial charge in [0.05, 0.1) is 10.7 Å². The van der Waals surface area contributed by atoms with Gasteiger partial charge in [0.2, 0.25) is 5.91 Å². The molecule has 3 atom stereocenters. The lowest BCUT2D eigenvalue weighted by molar-refractivity contribution is -0.136. The summed E-state index contributed by atoms with van der Waals surface area (Å²) in [4.78, 5) is 15.3. The minimum atomic E-state index is 0.0270. The van der Waals surface area contributed by atoms with Crippen molar-refractivity contribution in [1.29, 1.82) is 0 Å². The van der Waals surface area contributed by atoms with Gasteiger partial charge in [0.25, 0.3) is 0 Å². The Morgan fingerprint density at radius 1 is 1.35 bits per heavy atom. The molecule has 6 heteroatoms. The maximum atomic E-state index is 13.2. The van der Waals surface area contributed by atoms with Crippen LogP contribution in [-0.4, -0.2) is 58.4 Å². The Hall–Kier alpha value is -0.650. The van der Waals surface area contributed by atoms with Gasteiger partial charge < -0.3 is 10.2 Å². The van der Waals surface area contributed by atoms with E-state index in [2.05, 4.69) is 28.4 Å². The van der Waals surface area contributed by atoms with Gasteiger partial charge in [0, 0.05) is 49.4 Å². The van der Waals surface area contributed by atoms with Crippen LogP contribution in [0.3, 0.4) is 0 Å². The molecule has 0 aromatic heterocycles. The summed E-state index contributed by atoms with van der Waals surface area (Å²) in [6.07, 6.45) is 9.58. The molecule has 0 radical (unpaired) electrons. The molecule has 1 N–H and O–H groups in total. The second-order valence-corrected chi connectivity index (χ2v) is 8.66. The van der Waals surface area contributed by atoms with Crippen molar-refractivity contribution in [3.63, 3.8) is 0 Å². The normalized spacial score (nSPS) is 37.0. The molecule has 1 spiro atoms. The molecule has 3 fully saturated rings. The highest BCUT2D eigenvalue weighted by Crippen LogP contribution is 2.58. The summed E-state index contributed by atoms with van der Waals surface area (Å²) >= 11 is 8.42. The molecule has 0 bridgehead atoms. The number of thioether (sulfide) groups is 1. The summed E-state index contributed by atoms with van der Waals surface area (Å²) in [6.45, 7) is 4.54. The predicted molar refractivity (Wildman–Crippen MR) is 95.3 cm³/mol. The molecular weight excluding hydrogens is 330 g/mol. The largest absolute Gasteiger partial charge is 0.341 e. The van der Waals surface area contributed by atoms with Gasteiger partial charge in [-0.1, -0.05) is 12.2 Å². The second kappa shape index (κ2) is 6.34. The van der Waals surface area contributed by atoms with Crippen molar-refractivity contribution in [2.45, 2.75) is 24.0 Å². The lowest BCUT2D eigenvalue weighted by Gasteiger charge is -2.46. The van der Waals surface area contributed by atoms with E-state index in [1.807, 2.05) is 16.2 Å². The Bertz CT molecular complexity index is 544. The highest BCUT2D eigenvalue weighted by molar-refractivity contribution is 8.01. The first-order valence-corrected chi connectivity index (χ1v) is 9.99. The molecule has 3 saturated heterocycles. The number of nitrogens with zero attached hydrogens (tertiary/aromatic N) is 2. The van der Waals surface area contributed by atoms with Crippen molar-refractivity contribution in [3.05, 3.63) is 23.9 Å². The average Bonchev–Trinajstić information content (AvgIpc) is 2.75. The quantitative estimate of drug-likeness (QED) is 0.733. The third kappa shape index (κ3) is 2.61. The molecule has 3 aliphatic heterocycles. The number of allylic oxidation sites excluding steroid dienone is 3. The summed E-state index contributed by atoms with van der Waals surface area (Å²) in [6, 6.07) is 0. The summed E-state index contributed by atoms with van der Waals surface area (Å²) in [5.74, 6) is 1.88. The average molecular weight is 354 g/mol. The summed E-state index contributed by atoms with van der Waals surface area (Å²) in [5, 5.41) is 3.39. The summed E-state index contributed by atoms with van der Waals surface area (Å²) in [7, 11) is 0. The number of carbonyl (C=O) groups is 1. The highest BCUT2D eigenvalue weighted by Gasteiger charge is 2.57. The number of rotatable bonds is 1. The van der Waals surface area contributed by atoms with E-state index in [0.717, 1.165) is 57.7 Å². The molecule has 0 aromatic rings. The zero-order chi connectivity index (χ0) is 15.9. The predicted octanol–water partition coefficient (Wildman–Crippen LogP) is 2.23. The van der Waals surface area contributed by atoms with Gasteiger partial charge in [-0.15, -0.1) is 11.8 Å². The van der Waals surface area contributed by atoms with Crippen LogP contribution >= 0.6 is 23.5 Å². The topological polar surface area (TPSA) is 35.6 Å². The first-order chi connectivity index (χ1) is 11.2. The number of hydrogen-bond acceptors (Lipinski definition) is 4. The Morgan fingerprint density at radius 3 is 3.17 bits per heavy atom. The van der Waals surface area contributed by atoms with Gasteiger partial charge in [-0.05, 0) is 37.8 Å². The molecule has 4 rings (SSSR count). The molecule has 3 unspecified atom stereocenters. The van der Waals surface area contributed by atoms with Gasteiger partial charge in [0.1, 0.15) is 0 Å². The smallest absolute Gasteiger partial charge is 0.226 e. The van der Waals surface area contributed by atoms with Gasteiger partial charge in [0.15, 0.2) is 0 Å². The molecular formula is C17H24ClN3OS. The minimum Gasteiger partial charge on any atom is -0.341 e. The molecule has 4 nitrogen and oxygen atoms in total. The van der Waals surface area contributed by atoms with Crippen molar-refractivity contribution in [3.8, 4) is 0 Å². The molecule has 3 heterocycles. The molecule has 0 aromatic carbocycles. The van der Waals surface area contributed by atoms with E-state index in [4.69, 9.17) is 11.8 Å². The Labute approximate surface area is 147 Å². The highest BCUT2D eigenvalue weighted by atomic mass is 35.5. The van der Waals surface area contributed by atoms with Gasteiger partial charge in [-0.2, -0.15) is 0 Å². The first kappa shape index (κ1) is 15.9. The Balaban J connectivity index is 1.57. The monoisotopic (exact) mass is 353 g/mol. The second-order valence-electron chi connectivity index (χ2n) is 6.90. The fourth-order valence-corrected chi connectivity index (χ4v) is 6.79. The Morgan fingerprint density at radius 2 is 2.26 bits per heavy atom. The van der Waals surface area contributed by atoms with Crippen LogP contribution in [0.5, 0.6) is 0 Å². The van der Waals surface area contributed by atoms with Crippen LogP contribution in [-0.2, 0) is 4.79 Å². The third-order valence-electron chi connectivity index (χ3n) is 5.72. The lowest BCUT2D eigenvalue weighted by Crippen LogP contribution is -2.49. The fourth-order valence-electron chi connectivity index (χ4n) is 4.55. The lowest BCUT2D eigenvalue weighted by atomic mass is 9.72. The molecule has 126 valence electrons. The van der Waals surface area contributed by atoms with Gasteiger partial charge in [-0.25, -0.2) is 0 Å². The third-order valence-corrected chi connectivity index (χ3v) is 7.79. The SMILES string of the molecule is O=C(C1CSC23CC=CC=C2N(Cl)CCC13)N1CCCNCC1. The number of carbonyl (C=O) groups excluding carboxylic acids is 1. The standard InChI is InChI=1S/C17H24ClN3OS/c18-21-10-5-14-13(16(22)20-9-3-7-19-8-11-20)12-23-17(14)6-2-1-4-15(17)21/h1-2,4,13-14,19H,3,5-12H2. The van der Waals surface area contributed by atoms with E-state index >= 15 is 0 Å². The van der Waals surface area contributed by atoms with Crippen LogP contribution in [0, 0.1) is 11.8 Å². The van der Waals surface area contributed by atoms with E-state index in [9.17, 15) is 4.79 Å². The number of piperidine rings is 1. The molecule has 4 aliphatic rings. The number of amides is 1. The van der Waals surface area contributed by atoms with Crippen molar-refractivity contribution in [2.24, 2.45) is 11.8 Å². The summed E-state index contributed by atoms with van der Waals surface area (Å²) < 4.78 is 1.91. The van der Waals surface area contributed by atoms with E-state index in [-0.39, 0.29) is 10.7 Å². The van der Waals surface area contributed by atoms with E-state index in [0.29, 0.717) is 11.8 Å². The maximum Gasteiger partial charge on any atom is 0.226 e. The van der Waals surface area contributed by atoms with Crippen LogP contribution < -0.4 is 5.32 Å². The van der Waals surface area contributed by atoms with Crippen molar-refractivity contribution >= 4 is 29.4 Å². The summed E-state index contributed by atoms with van der Waals surface area (Å²) in [5.41, 5.74) is 1.22. The number of halogens is 1. The maximum absolute atomic E-state index is 13.2. The van der Waals surface area contributed by atoms with E-state index < -0.39 is 0 Å². The molecule has 23 heavy (non-hydrogen) atoms. The zero-order valence-corrected chi connectivity index (χ0v) is 14.9. The molecule has 1 amide bonds. The van der Waals surface area contributed by atoms with Crippen LogP contribution in [0.25, 0.3) is 0 Å². The number of nitrogens with one attached hydrogen (secondary N) is 1. The van der Waals surface area contributed by atoms with Crippen LogP contribution in [0.1, 0.15) is 19.3 Å². The Kier molecular flexibility index (Phi) is 4.37. The van der Waals surface area contributed by atoms with E-state index in [1.54, 1.807) is 0 Å². The molecule has 0 saturated carbocycles. The zero-order valence-electron chi connectivity index (χ0n) is 13.3. The van der Waals surface area contributed by atoms with Crippen LogP contribution in [0.15, 0.2) is 23.9 Å². The number of hydrogen-bond donors (Lipinski definition) is 1. The van der Waals surface area contributed by atoms with Crippen LogP contribution in [0.2, 0.25) is 0 Å². The minimum absolute atomic E-state index is 0.0270. The molecule has 1 aliphatic carbocycles. The van der Waals surface area contributed by atoms with Crippen molar-refractivity contribution < 1.29 is 4.79 Å². The van der Waals surface area contributed by atoms with Crippen molar-refractivity contribution in [1.82, 2.24) is 14.6 Å². The fraction of sp³-hybridized carbons (Fsp3) is 0.706. The van der Waals surface area contributed by atoms with Crippen molar-refractivity contribution in [2.75, 3.05) is 38.5 Å². The van der Waals surface area contributed by atoms with Gasteiger partial charge in [-0.3, -0.25) is 9.21 Å². The first-order valence-electron chi connectivity index (χ1n) is 8.66. The van der Waals surface area contributed by atoms with Crippen LogP contribution in [0.4, 0.5) is 0 Å². The van der Waals surface area contributed by atoms with Gasteiger partial charge >= 0.3 is 0 Å².